The van der Waals surface area contributed by atoms with Crippen LogP contribution in [0.5, 0.6) is 5.75 Å². The predicted molar refractivity (Wildman–Crippen MR) is 153 cm³/mol. The molecule has 2 amide bonds. The molecule has 0 aliphatic carbocycles. The van der Waals surface area contributed by atoms with Gasteiger partial charge in [-0.2, -0.15) is 0 Å². The minimum absolute atomic E-state index is 0.122. The lowest BCUT2D eigenvalue weighted by molar-refractivity contribution is 0.0973. The molecule has 2 N–H and O–H groups in total. The normalized spacial score (nSPS) is 10.6. The van der Waals surface area contributed by atoms with Crippen molar-refractivity contribution in [2.45, 2.75) is 27.2 Å². The lowest BCUT2D eigenvalue weighted by atomic mass is 10.1. The molecule has 6 nitrogen and oxygen atoms in total. The predicted octanol–water partition coefficient (Wildman–Crippen LogP) is 6.67. The van der Waals surface area contributed by atoms with Crippen LogP contribution >= 0.6 is 28.1 Å². The number of carbonyl (C=O) groups excluding carboxylic acids is 2. The van der Waals surface area contributed by atoms with Gasteiger partial charge in [0.2, 0.25) is 0 Å². The van der Waals surface area contributed by atoms with E-state index in [1.165, 1.54) is 0 Å². The summed E-state index contributed by atoms with van der Waals surface area (Å²) in [5.41, 5.74) is 2.38. The number of anilines is 2. The Labute approximate surface area is 226 Å². The van der Waals surface area contributed by atoms with Crippen LogP contribution in [-0.4, -0.2) is 30.1 Å². The summed E-state index contributed by atoms with van der Waals surface area (Å²) in [6.07, 6.45) is 0.949. The molecule has 0 radical (unpaired) electrons. The van der Waals surface area contributed by atoms with E-state index >= 15 is 0 Å². The molecular formula is C28H30BrN3O3S. The summed E-state index contributed by atoms with van der Waals surface area (Å²) in [6.45, 7) is 7.36. The molecule has 0 bridgehead atoms. The summed E-state index contributed by atoms with van der Waals surface area (Å²) in [4.78, 5) is 27.5. The van der Waals surface area contributed by atoms with Crippen LogP contribution in [0, 0.1) is 5.92 Å². The second-order valence-electron chi connectivity index (χ2n) is 8.55. The Hall–Kier alpha value is -3.23. The molecule has 0 heterocycles. The number of nitrogens with one attached hydrogen (secondary N) is 2. The maximum absolute atomic E-state index is 13.1. The van der Waals surface area contributed by atoms with Gasteiger partial charge in [0.1, 0.15) is 5.75 Å². The van der Waals surface area contributed by atoms with Crippen LogP contribution in [-0.2, 0) is 0 Å². The molecule has 36 heavy (non-hydrogen) atoms. The van der Waals surface area contributed by atoms with Gasteiger partial charge in [-0.05, 0) is 95.9 Å². The number of rotatable bonds is 9. The molecule has 0 aliphatic heterocycles. The van der Waals surface area contributed by atoms with Gasteiger partial charge in [-0.1, -0.05) is 38.1 Å². The fourth-order valence-corrected chi connectivity index (χ4v) is 4.14. The van der Waals surface area contributed by atoms with Crippen molar-refractivity contribution in [3.63, 3.8) is 0 Å². The van der Waals surface area contributed by atoms with E-state index < -0.39 is 0 Å². The van der Waals surface area contributed by atoms with Gasteiger partial charge in [0.15, 0.2) is 5.11 Å². The lowest BCUT2D eigenvalue weighted by Gasteiger charge is -2.21. The van der Waals surface area contributed by atoms with Crippen LogP contribution in [0.4, 0.5) is 11.4 Å². The van der Waals surface area contributed by atoms with Crippen molar-refractivity contribution < 1.29 is 14.3 Å². The van der Waals surface area contributed by atoms with E-state index in [1.807, 2.05) is 37.3 Å². The second-order valence-corrected chi connectivity index (χ2v) is 9.81. The minimum atomic E-state index is -0.351. The maximum Gasteiger partial charge on any atom is 0.258 e. The van der Waals surface area contributed by atoms with E-state index in [2.05, 4.69) is 40.4 Å². The number of nitrogens with zero attached hydrogens (tertiary/aromatic N) is 1. The van der Waals surface area contributed by atoms with Crippen LogP contribution in [0.1, 0.15) is 47.9 Å². The number of halogens is 1. The zero-order chi connectivity index (χ0) is 26.1. The fraction of sp³-hybridized carbons (Fsp3) is 0.250. The van der Waals surface area contributed by atoms with E-state index in [9.17, 15) is 9.59 Å². The number of hydrogen-bond donors (Lipinski definition) is 2. The highest BCUT2D eigenvalue weighted by molar-refractivity contribution is 9.10. The molecule has 3 aromatic carbocycles. The molecule has 8 heteroatoms. The Balaban J connectivity index is 1.62. The minimum Gasteiger partial charge on any atom is -0.492 e. The Morgan fingerprint density at radius 1 is 1.00 bits per heavy atom. The van der Waals surface area contributed by atoms with E-state index in [-0.39, 0.29) is 16.9 Å². The first-order chi connectivity index (χ1) is 17.3. The Kier molecular flexibility index (Phi) is 10.0. The summed E-state index contributed by atoms with van der Waals surface area (Å²) in [5.74, 6) is 0.764. The van der Waals surface area contributed by atoms with Gasteiger partial charge < -0.3 is 15.0 Å². The first-order valence-corrected chi connectivity index (χ1v) is 13.0. The first kappa shape index (κ1) is 27.4. The molecule has 0 atom stereocenters. The number of ether oxygens (including phenoxy) is 1. The smallest absolute Gasteiger partial charge is 0.258 e. The summed E-state index contributed by atoms with van der Waals surface area (Å²) < 4.78 is 6.48. The number of benzene rings is 3. The number of thiocarbonyl (C=S) groups is 1. The summed E-state index contributed by atoms with van der Waals surface area (Å²) in [7, 11) is 0. The number of para-hydroxylation sites is 1. The standard InChI is InChI=1S/C28H30BrN3O3S/c1-4-32(23-11-6-5-7-12-23)27(34)21-9-8-10-22(17-21)30-28(36)31-26(33)20-13-14-25(24(29)18-20)35-16-15-19(2)3/h5-14,17-19H,4,15-16H2,1-3H3,(H2,30,31,33,36). The zero-order valence-corrected chi connectivity index (χ0v) is 23.0. The first-order valence-electron chi connectivity index (χ1n) is 11.8. The molecule has 188 valence electrons. The molecule has 3 rings (SSSR count). The Bertz CT molecular complexity index is 1220. The molecule has 0 aliphatic rings. The van der Waals surface area contributed by atoms with Gasteiger partial charge in [-0.3, -0.25) is 14.9 Å². The van der Waals surface area contributed by atoms with Gasteiger partial charge in [-0.15, -0.1) is 0 Å². The molecular weight excluding hydrogens is 538 g/mol. The molecule has 0 fully saturated rings. The Morgan fingerprint density at radius 2 is 1.75 bits per heavy atom. The van der Waals surface area contributed by atoms with Crippen molar-refractivity contribution in [3.8, 4) is 5.75 Å². The molecule has 3 aromatic rings. The summed E-state index contributed by atoms with van der Waals surface area (Å²) >= 11 is 8.81. The molecule has 0 saturated carbocycles. The molecule has 0 aromatic heterocycles. The van der Waals surface area contributed by atoms with Gasteiger partial charge >= 0.3 is 0 Å². The summed E-state index contributed by atoms with van der Waals surface area (Å²) in [5, 5.41) is 5.81. The van der Waals surface area contributed by atoms with Crippen molar-refractivity contribution in [2.75, 3.05) is 23.4 Å². The molecule has 0 unspecified atom stereocenters. The summed E-state index contributed by atoms with van der Waals surface area (Å²) in [6, 6.07) is 21.7. The van der Waals surface area contributed by atoms with Crippen LogP contribution in [0.3, 0.4) is 0 Å². The van der Waals surface area contributed by atoms with E-state index in [0.717, 1.165) is 12.1 Å². The van der Waals surface area contributed by atoms with Gasteiger partial charge in [0.05, 0.1) is 11.1 Å². The van der Waals surface area contributed by atoms with E-state index in [1.54, 1.807) is 47.4 Å². The molecule has 0 spiro atoms. The molecule has 0 saturated heterocycles. The van der Waals surface area contributed by atoms with Gasteiger partial charge in [0, 0.05) is 29.0 Å². The zero-order valence-electron chi connectivity index (χ0n) is 20.6. The maximum atomic E-state index is 13.1. The van der Waals surface area contributed by atoms with Crippen LogP contribution < -0.4 is 20.3 Å². The van der Waals surface area contributed by atoms with Crippen molar-refractivity contribution in [2.24, 2.45) is 5.92 Å². The highest BCUT2D eigenvalue weighted by Gasteiger charge is 2.17. The highest BCUT2D eigenvalue weighted by Crippen LogP contribution is 2.26. The van der Waals surface area contributed by atoms with Crippen LogP contribution in [0.15, 0.2) is 77.3 Å². The average Bonchev–Trinajstić information content (AvgIpc) is 2.86. The average molecular weight is 569 g/mol. The van der Waals surface area contributed by atoms with E-state index in [0.29, 0.717) is 46.1 Å². The van der Waals surface area contributed by atoms with Crippen molar-refractivity contribution in [1.82, 2.24) is 5.32 Å². The fourth-order valence-electron chi connectivity index (χ4n) is 3.44. The lowest BCUT2D eigenvalue weighted by Crippen LogP contribution is -2.34. The third kappa shape index (κ3) is 7.63. The quantitative estimate of drug-likeness (QED) is 0.282. The third-order valence-electron chi connectivity index (χ3n) is 5.37. The van der Waals surface area contributed by atoms with Gasteiger partial charge in [-0.25, -0.2) is 0 Å². The van der Waals surface area contributed by atoms with Crippen LogP contribution in [0.25, 0.3) is 0 Å². The highest BCUT2D eigenvalue weighted by atomic mass is 79.9. The monoisotopic (exact) mass is 567 g/mol. The number of carbonyl (C=O) groups is 2. The van der Waals surface area contributed by atoms with Crippen molar-refractivity contribution >= 4 is 56.4 Å². The van der Waals surface area contributed by atoms with Crippen molar-refractivity contribution in [1.29, 1.82) is 0 Å². The third-order valence-corrected chi connectivity index (χ3v) is 6.19. The van der Waals surface area contributed by atoms with E-state index in [4.69, 9.17) is 17.0 Å². The number of amides is 2. The largest absolute Gasteiger partial charge is 0.492 e. The second kappa shape index (κ2) is 13.2. The van der Waals surface area contributed by atoms with Gasteiger partial charge in [0.25, 0.3) is 11.8 Å². The van der Waals surface area contributed by atoms with Crippen LogP contribution in [0.2, 0.25) is 0 Å². The number of hydrogen-bond acceptors (Lipinski definition) is 4. The SMILES string of the molecule is CCN(C(=O)c1cccc(NC(=S)NC(=O)c2ccc(OCCC(C)C)c(Br)c2)c1)c1ccccc1. The van der Waals surface area contributed by atoms with Crippen molar-refractivity contribution in [3.05, 3.63) is 88.4 Å². The Morgan fingerprint density at radius 3 is 2.42 bits per heavy atom. The topological polar surface area (TPSA) is 70.7 Å².